The molecule has 5 heteroatoms. The Labute approximate surface area is 136 Å². The number of anilines is 1. The number of aromatic nitrogens is 2. The third-order valence-corrected chi connectivity index (χ3v) is 4.89. The van der Waals surface area contributed by atoms with Gasteiger partial charge in [-0.05, 0) is 37.3 Å². The standard InChI is InChI=1S/C18H22N4O/c1-11(2)12(3)17(23)21-18-20-15-9-8-13(19-4)10-16(15)22(18)14-6-5-7-14/h8-12,14H,5-7H2,1-3H3,(H,20,21,23)/t12-/m0/s1. The zero-order valence-electron chi connectivity index (χ0n) is 13.8. The summed E-state index contributed by atoms with van der Waals surface area (Å²) in [5, 5.41) is 3.00. The second kappa shape index (κ2) is 6.04. The van der Waals surface area contributed by atoms with Crippen molar-refractivity contribution in [1.82, 2.24) is 9.55 Å². The minimum absolute atomic E-state index is 0.00119. The van der Waals surface area contributed by atoms with Gasteiger partial charge in [0.2, 0.25) is 11.9 Å². The van der Waals surface area contributed by atoms with Crippen molar-refractivity contribution in [3.8, 4) is 0 Å². The Morgan fingerprint density at radius 3 is 2.70 bits per heavy atom. The van der Waals surface area contributed by atoms with E-state index in [9.17, 15) is 4.79 Å². The minimum Gasteiger partial charge on any atom is -0.308 e. The molecule has 1 aromatic heterocycles. The summed E-state index contributed by atoms with van der Waals surface area (Å²) >= 11 is 0. The highest BCUT2D eigenvalue weighted by Gasteiger charge is 2.26. The molecule has 1 fully saturated rings. The van der Waals surface area contributed by atoms with Gasteiger partial charge in [0, 0.05) is 12.0 Å². The molecular formula is C18H22N4O. The Bertz CT molecular complexity index is 780. The van der Waals surface area contributed by atoms with Crippen LogP contribution < -0.4 is 5.32 Å². The van der Waals surface area contributed by atoms with E-state index in [0.29, 0.717) is 17.7 Å². The molecule has 1 aliphatic carbocycles. The second-order valence-electron chi connectivity index (χ2n) is 6.70. The van der Waals surface area contributed by atoms with Gasteiger partial charge in [-0.3, -0.25) is 10.1 Å². The van der Waals surface area contributed by atoms with Crippen LogP contribution in [-0.2, 0) is 4.79 Å². The fourth-order valence-electron chi connectivity index (χ4n) is 2.78. The van der Waals surface area contributed by atoms with E-state index in [1.54, 1.807) is 6.07 Å². The molecular weight excluding hydrogens is 288 g/mol. The Hall–Kier alpha value is -2.35. The molecule has 1 N–H and O–H groups in total. The van der Waals surface area contributed by atoms with Gasteiger partial charge in [-0.2, -0.15) is 0 Å². The summed E-state index contributed by atoms with van der Waals surface area (Å²) in [6.45, 7) is 13.2. The van der Waals surface area contributed by atoms with Crippen molar-refractivity contribution in [2.45, 2.75) is 46.1 Å². The SMILES string of the molecule is [C-]#[N+]c1ccc2nc(NC(=O)[C@@H](C)C(C)C)n(C3CCC3)c2c1. The molecule has 1 heterocycles. The number of amides is 1. The van der Waals surface area contributed by atoms with Crippen LogP contribution in [0.2, 0.25) is 0 Å². The predicted octanol–water partition coefficient (Wildman–Crippen LogP) is 4.54. The average molecular weight is 310 g/mol. The van der Waals surface area contributed by atoms with Gasteiger partial charge in [-0.15, -0.1) is 0 Å². The van der Waals surface area contributed by atoms with Crippen LogP contribution in [0.25, 0.3) is 15.9 Å². The molecule has 0 unspecified atom stereocenters. The maximum atomic E-state index is 12.4. The quantitative estimate of drug-likeness (QED) is 0.843. The summed E-state index contributed by atoms with van der Waals surface area (Å²) in [4.78, 5) is 20.5. The summed E-state index contributed by atoms with van der Waals surface area (Å²) in [5.74, 6) is 0.833. The molecule has 0 spiro atoms. The van der Waals surface area contributed by atoms with Gasteiger partial charge in [0.15, 0.2) is 5.69 Å². The number of nitrogens with one attached hydrogen (secondary N) is 1. The van der Waals surface area contributed by atoms with Crippen molar-refractivity contribution in [1.29, 1.82) is 0 Å². The van der Waals surface area contributed by atoms with E-state index in [-0.39, 0.29) is 17.7 Å². The molecule has 0 bridgehead atoms. The Morgan fingerprint density at radius 2 is 2.13 bits per heavy atom. The molecule has 0 radical (unpaired) electrons. The van der Waals surface area contributed by atoms with Gasteiger partial charge in [0.1, 0.15) is 0 Å². The highest BCUT2D eigenvalue weighted by molar-refractivity contribution is 5.93. The Morgan fingerprint density at radius 1 is 1.39 bits per heavy atom. The maximum Gasteiger partial charge on any atom is 0.229 e. The predicted molar refractivity (Wildman–Crippen MR) is 91.5 cm³/mol. The second-order valence-corrected chi connectivity index (χ2v) is 6.70. The smallest absolute Gasteiger partial charge is 0.229 e. The highest BCUT2D eigenvalue weighted by Crippen LogP contribution is 2.38. The molecule has 1 atom stereocenters. The summed E-state index contributed by atoms with van der Waals surface area (Å²) in [6, 6.07) is 5.87. The average Bonchev–Trinajstić information content (AvgIpc) is 2.82. The van der Waals surface area contributed by atoms with Crippen LogP contribution in [0, 0.1) is 18.4 Å². The zero-order chi connectivity index (χ0) is 16.6. The van der Waals surface area contributed by atoms with E-state index in [4.69, 9.17) is 6.57 Å². The molecule has 1 aliphatic rings. The number of nitrogens with zero attached hydrogens (tertiary/aromatic N) is 3. The molecule has 2 aromatic rings. The number of hydrogen-bond donors (Lipinski definition) is 1. The molecule has 23 heavy (non-hydrogen) atoms. The summed E-state index contributed by atoms with van der Waals surface area (Å²) in [5.41, 5.74) is 2.37. The molecule has 5 nitrogen and oxygen atoms in total. The van der Waals surface area contributed by atoms with E-state index in [1.807, 2.05) is 32.9 Å². The third kappa shape index (κ3) is 2.81. The van der Waals surface area contributed by atoms with Crippen LogP contribution in [0.15, 0.2) is 18.2 Å². The summed E-state index contributed by atoms with van der Waals surface area (Å²) < 4.78 is 2.11. The molecule has 1 amide bonds. The van der Waals surface area contributed by atoms with Crippen LogP contribution in [0.4, 0.5) is 11.6 Å². The first kappa shape index (κ1) is 15.5. The van der Waals surface area contributed by atoms with Crippen molar-refractivity contribution in [3.63, 3.8) is 0 Å². The number of rotatable bonds is 4. The van der Waals surface area contributed by atoms with Gasteiger partial charge < -0.3 is 4.57 Å². The number of fused-ring (bicyclic) bond motifs is 1. The van der Waals surface area contributed by atoms with Gasteiger partial charge in [-0.25, -0.2) is 9.83 Å². The van der Waals surface area contributed by atoms with Crippen molar-refractivity contribution in [2.75, 3.05) is 5.32 Å². The van der Waals surface area contributed by atoms with E-state index in [1.165, 1.54) is 6.42 Å². The van der Waals surface area contributed by atoms with Gasteiger partial charge in [-0.1, -0.05) is 26.8 Å². The first-order valence-corrected chi connectivity index (χ1v) is 8.21. The van der Waals surface area contributed by atoms with Crippen LogP contribution in [0.3, 0.4) is 0 Å². The molecule has 120 valence electrons. The fourth-order valence-corrected chi connectivity index (χ4v) is 2.78. The van der Waals surface area contributed by atoms with Crippen molar-refractivity contribution in [3.05, 3.63) is 29.6 Å². The monoisotopic (exact) mass is 310 g/mol. The lowest BCUT2D eigenvalue weighted by molar-refractivity contribution is -0.120. The molecule has 1 saturated carbocycles. The number of carbonyl (C=O) groups is 1. The minimum atomic E-state index is -0.0662. The molecule has 1 aromatic carbocycles. The topological polar surface area (TPSA) is 51.3 Å². The van der Waals surface area contributed by atoms with Crippen molar-refractivity contribution in [2.24, 2.45) is 11.8 Å². The van der Waals surface area contributed by atoms with E-state index in [0.717, 1.165) is 23.9 Å². The zero-order valence-corrected chi connectivity index (χ0v) is 13.8. The number of benzene rings is 1. The maximum absolute atomic E-state index is 12.4. The molecule has 0 aliphatic heterocycles. The van der Waals surface area contributed by atoms with E-state index >= 15 is 0 Å². The van der Waals surface area contributed by atoms with E-state index in [2.05, 4.69) is 19.7 Å². The first-order valence-electron chi connectivity index (χ1n) is 8.21. The summed E-state index contributed by atoms with van der Waals surface area (Å²) in [6.07, 6.45) is 3.38. The van der Waals surface area contributed by atoms with Crippen LogP contribution in [0.5, 0.6) is 0 Å². The van der Waals surface area contributed by atoms with Crippen LogP contribution in [0.1, 0.15) is 46.1 Å². The first-order chi connectivity index (χ1) is 11.0. The van der Waals surface area contributed by atoms with Crippen molar-refractivity contribution >= 4 is 28.6 Å². The van der Waals surface area contributed by atoms with E-state index < -0.39 is 0 Å². The number of hydrogen-bond acceptors (Lipinski definition) is 2. The van der Waals surface area contributed by atoms with Gasteiger partial charge in [0.05, 0.1) is 17.6 Å². The molecule has 3 rings (SSSR count). The lowest BCUT2D eigenvalue weighted by atomic mass is 9.92. The van der Waals surface area contributed by atoms with Crippen LogP contribution in [-0.4, -0.2) is 15.5 Å². The number of imidazole rings is 1. The Balaban J connectivity index is 2.02. The summed E-state index contributed by atoms with van der Waals surface area (Å²) in [7, 11) is 0. The van der Waals surface area contributed by atoms with Crippen LogP contribution >= 0.6 is 0 Å². The van der Waals surface area contributed by atoms with Gasteiger partial charge >= 0.3 is 0 Å². The lowest BCUT2D eigenvalue weighted by Crippen LogP contribution is -2.27. The fraction of sp³-hybridized carbons (Fsp3) is 0.500. The highest BCUT2D eigenvalue weighted by atomic mass is 16.2. The largest absolute Gasteiger partial charge is 0.308 e. The van der Waals surface area contributed by atoms with Crippen molar-refractivity contribution < 1.29 is 4.79 Å². The van der Waals surface area contributed by atoms with Gasteiger partial charge in [0.25, 0.3) is 0 Å². The lowest BCUT2D eigenvalue weighted by Gasteiger charge is -2.29. The number of carbonyl (C=O) groups excluding carboxylic acids is 1. The Kier molecular flexibility index (Phi) is 4.08. The normalized spacial score (nSPS) is 16.1. The third-order valence-electron chi connectivity index (χ3n) is 4.89. The molecule has 0 saturated heterocycles.